The molecule has 0 spiro atoms. The zero-order valence-corrected chi connectivity index (χ0v) is 23.7. The molecule has 40 heavy (non-hydrogen) atoms. The minimum atomic E-state index is -0.170. The first-order chi connectivity index (χ1) is 19.4. The van der Waals surface area contributed by atoms with E-state index >= 15 is 0 Å². The number of hydrogen-bond acceptors (Lipinski definition) is 8. The van der Waals surface area contributed by atoms with Crippen molar-refractivity contribution in [3.8, 4) is 11.3 Å². The van der Waals surface area contributed by atoms with Crippen molar-refractivity contribution >= 4 is 50.3 Å². The number of rotatable bonds is 6. The Morgan fingerprint density at radius 3 is 2.65 bits per heavy atom. The van der Waals surface area contributed by atoms with Gasteiger partial charge in [-0.25, -0.2) is 9.97 Å². The van der Waals surface area contributed by atoms with Crippen LogP contribution in [0.3, 0.4) is 0 Å². The first kappa shape index (κ1) is 26.3. The van der Waals surface area contributed by atoms with E-state index in [1.165, 1.54) is 0 Å². The van der Waals surface area contributed by atoms with Gasteiger partial charge in [-0.2, -0.15) is 5.10 Å². The van der Waals surface area contributed by atoms with Gasteiger partial charge in [0.25, 0.3) is 0 Å². The van der Waals surface area contributed by atoms with Crippen LogP contribution in [0.25, 0.3) is 22.2 Å². The van der Waals surface area contributed by atoms with Crippen LogP contribution in [0.15, 0.2) is 59.6 Å². The quantitative estimate of drug-likeness (QED) is 0.344. The van der Waals surface area contributed by atoms with Gasteiger partial charge in [0, 0.05) is 73.6 Å². The van der Waals surface area contributed by atoms with Crippen molar-refractivity contribution in [1.29, 1.82) is 0 Å². The monoisotopic (exact) mass is 603 g/mol. The van der Waals surface area contributed by atoms with E-state index in [-0.39, 0.29) is 23.8 Å². The number of anilines is 2. The average Bonchev–Trinajstić information content (AvgIpc) is 3.61. The molecule has 2 aliphatic rings. The van der Waals surface area contributed by atoms with Crippen molar-refractivity contribution in [3.63, 3.8) is 0 Å². The zero-order valence-electron chi connectivity index (χ0n) is 22.1. The lowest BCUT2D eigenvalue weighted by atomic mass is 10.1. The number of halogens is 1. The minimum Gasteiger partial charge on any atom is -0.337 e. The zero-order chi connectivity index (χ0) is 27.6. The van der Waals surface area contributed by atoms with Crippen LogP contribution in [-0.2, 0) is 9.59 Å². The highest BCUT2D eigenvalue weighted by molar-refractivity contribution is 9.10. The molecule has 6 rings (SSSR count). The van der Waals surface area contributed by atoms with E-state index in [0.717, 1.165) is 45.3 Å². The average molecular weight is 605 g/mol. The summed E-state index contributed by atoms with van der Waals surface area (Å²) in [6, 6.07) is 9.62. The van der Waals surface area contributed by atoms with E-state index in [9.17, 15) is 9.59 Å². The molecule has 0 bridgehead atoms. The fraction of sp³-hybridized carbons (Fsp3) is 0.357. The van der Waals surface area contributed by atoms with Gasteiger partial charge in [0.05, 0.1) is 22.5 Å². The number of benzene rings is 1. The van der Waals surface area contributed by atoms with E-state index in [0.29, 0.717) is 38.7 Å². The first-order valence-electron chi connectivity index (χ1n) is 13.4. The molecule has 0 saturated carbocycles. The molecule has 3 aromatic heterocycles. The minimum absolute atomic E-state index is 0.0280. The fourth-order valence-corrected chi connectivity index (χ4v) is 5.72. The molecule has 2 saturated heterocycles. The molecule has 12 heteroatoms. The molecule has 0 radical (unpaired) electrons. The van der Waals surface area contributed by atoms with Crippen molar-refractivity contribution < 1.29 is 9.59 Å². The predicted octanol–water partition coefficient (Wildman–Crippen LogP) is 3.18. The van der Waals surface area contributed by atoms with Gasteiger partial charge in [0.15, 0.2) is 0 Å². The van der Waals surface area contributed by atoms with Crippen molar-refractivity contribution in [2.24, 2.45) is 5.92 Å². The molecule has 2 N–H and O–H groups in total. The summed E-state index contributed by atoms with van der Waals surface area (Å²) in [4.78, 5) is 45.3. The number of hydrogen-bond donors (Lipinski definition) is 2. The molecule has 2 fully saturated rings. The number of pyridine rings is 1. The summed E-state index contributed by atoms with van der Waals surface area (Å²) in [5.41, 5.74) is 3.40. The number of likely N-dealkylation sites (tertiary alicyclic amines) is 1. The third-order valence-electron chi connectivity index (χ3n) is 7.62. The van der Waals surface area contributed by atoms with E-state index < -0.39 is 0 Å². The lowest BCUT2D eigenvalue weighted by Crippen LogP contribution is -2.56. The Labute approximate surface area is 240 Å². The second-order valence-corrected chi connectivity index (χ2v) is 11.3. The Balaban J connectivity index is 1.03. The number of aromatic amines is 1. The van der Waals surface area contributed by atoms with E-state index in [1.807, 2.05) is 35.2 Å². The summed E-state index contributed by atoms with van der Waals surface area (Å²) >= 11 is 3.37. The standard InChI is InChI=1S/C28H30BrN9O2/c1-18-15-37(28-31-13-21(29)14-32-28)10-11-38(18)25(39)17-36-9-6-20(16-36)27(40)33-22-2-3-24-23(12-22)26(35-34-24)19-4-7-30-8-5-19/h2-5,7-8,12-14,18,20H,6,9-11,15-17H2,1H3,(H,33,40)(H,34,35)/t18-,20-/m1/s1. The van der Waals surface area contributed by atoms with Crippen molar-refractivity contribution in [3.05, 3.63) is 59.6 Å². The number of fused-ring (bicyclic) bond motifs is 1. The highest BCUT2D eigenvalue weighted by Gasteiger charge is 2.33. The van der Waals surface area contributed by atoms with Gasteiger partial charge in [-0.05, 0) is 66.2 Å². The maximum atomic E-state index is 13.2. The highest BCUT2D eigenvalue weighted by Crippen LogP contribution is 2.29. The third-order valence-corrected chi connectivity index (χ3v) is 8.03. The Kier molecular flexibility index (Phi) is 7.44. The summed E-state index contributed by atoms with van der Waals surface area (Å²) in [5.74, 6) is 0.575. The Morgan fingerprint density at radius 2 is 1.88 bits per heavy atom. The van der Waals surface area contributed by atoms with Gasteiger partial charge in [0.1, 0.15) is 5.69 Å². The lowest BCUT2D eigenvalue weighted by Gasteiger charge is -2.40. The van der Waals surface area contributed by atoms with Crippen molar-refractivity contribution in [1.82, 2.24) is 34.9 Å². The molecule has 5 heterocycles. The van der Waals surface area contributed by atoms with E-state index in [4.69, 9.17) is 0 Å². The molecule has 4 aromatic rings. The second kappa shape index (κ2) is 11.3. The van der Waals surface area contributed by atoms with Crippen LogP contribution in [0.1, 0.15) is 13.3 Å². The Hall–Kier alpha value is -3.90. The van der Waals surface area contributed by atoms with Crippen LogP contribution in [0.2, 0.25) is 0 Å². The number of nitrogens with one attached hydrogen (secondary N) is 2. The van der Waals surface area contributed by atoms with Crippen LogP contribution >= 0.6 is 15.9 Å². The smallest absolute Gasteiger partial charge is 0.237 e. The summed E-state index contributed by atoms with van der Waals surface area (Å²) in [6.07, 6.45) is 7.66. The van der Waals surface area contributed by atoms with Crippen LogP contribution < -0.4 is 10.2 Å². The number of H-pyrrole nitrogens is 1. The molecule has 11 nitrogen and oxygen atoms in total. The maximum absolute atomic E-state index is 13.2. The number of carbonyl (C=O) groups is 2. The molecule has 2 aliphatic heterocycles. The predicted molar refractivity (Wildman–Crippen MR) is 156 cm³/mol. The largest absolute Gasteiger partial charge is 0.337 e. The Bertz CT molecular complexity index is 1510. The van der Waals surface area contributed by atoms with Crippen LogP contribution in [0, 0.1) is 5.92 Å². The second-order valence-electron chi connectivity index (χ2n) is 10.4. The molecule has 206 valence electrons. The first-order valence-corrected chi connectivity index (χ1v) is 14.2. The van der Waals surface area contributed by atoms with Crippen molar-refractivity contribution in [2.45, 2.75) is 19.4 Å². The number of nitrogens with zero attached hydrogens (tertiary/aromatic N) is 7. The molecule has 1 aromatic carbocycles. The summed E-state index contributed by atoms with van der Waals surface area (Å²) < 4.78 is 0.838. The van der Waals surface area contributed by atoms with Gasteiger partial charge >= 0.3 is 0 Å². The molecular formula is C28H30BrN9O2. The molecule has 0 aliphatic carbocycles. The van der Waals surface area contributed by atoms with Gasteiger partial charge < -0.3 is 15.1 Å². The summed E-state index contributed by atoms with van der Waals surface area (Å²) in [6.45, 7) is 5.65. The van der Waals surface area contributed by atoms with Gasteiger partial charge in [0.2, 0.25) is 17.8 Å². The SMILES string of the molecule is C[C@@H]1CN(c2ncc(Br)cn2)CCN1C(=O)CN1CC[C@@H](C(=O)Nc2ccc3[nH]nc(-c4ccncc4)c3c2)C1. The fourth-order valence-electron chi connectivity index (χ4n) is 5.52. The van der Waals surface area contributed by atoms with Gasteiger partial charge in [-0.1, -0.05) is 0 Å². The van der Waals surface area contributed by atoms with E-state index in [2.05, 4.69) is 63.1 Å². The van der Waals surface area contributed by atoms with Gasteiger partial charge in [-0.15, -0.1) is 0 Å². The number of piperazine rings is 1. The summed E-state index contributed by atoms with van der Waals surface area (Å²) in [5, 5.41) is 11.5. The topological polar surface area (TPSA) is 123 Å². The maximum Gasteiger partial charge on any atom is 0.237 e. The number of aromatic nitrogens is 5. The number of amides is 2. The normalized spacial score (nSPS) is 19.8. The molecule has 0 unspecified atom stereocenters. The van der Waals surface area contributed by atoms with E-state index in [1.54, 1.807) is 24.8 Å². The van der Waals surface area contributed by atoms with Crippen LogP contribution in [0.5, 0.6) is 0 Å². The van der Waals surface area contributed by atoms with Crippen molar-refractivity contribution in [2.75, 3.05) is 49.5 Å². The van der Waals surface area contributed by atoms with Gasteiger partial charge in [-0.3, -0.25) is 24.6 Å². The molecule has 2 amide bonds. The highest BCUT2D eigenvalue weighted by atomic mass is 79.9. The van der Waals surface area contributed by atoms with Crippen LogP contribution in [0.4, 0.5) is 11.6 Å². The molecule has 2 atom stereocenters. The molecular weight excluding hydrogens is 574 g/mol. The van der Waals surface area contributed by atoms with Crippen LogP contribution in [-0.4, -0.2) is 92.1 Å². The third kappa shape index (κ3) is 5.54. The Morgan fingerprint density at radius 1 is 1.07 bits per heavy atom. The number of carbonyl (C=O) groups excluding carboxylic acids is 2. The summed E-state index contributed by atoms with van der Waals surface area (Å²) in [7, 11) is 0. The lowest BCUT2D eigenvalue weighted by molar-refractivity contribution is -0.134.